The van der Waals surface area contributed by atoms with E-state index < -0.39 is 35.4 Å². The van der Waals surface area contributed by atoms with Gasteiger partial charge in [-0.05, 0) is 48.7 Å². The summed E-state index contributed by atoms with van der Waals surface area (Å²) in [6.45, 7) is 1.45. The predicted molar refractivity (Wildman–Crippen MR) is 135 cm³/mol. The van der Waals surface area contributed by atoms with Gasteiger partial charge in [-0.3, -0.25) is 9.88 Å². The second kappa shape index (κ2) is 11.9. The maximum Gasteiger partial charge on any atom is 0.430 e. The van der Waals surface area contributed by atoms with E-state index in [1.54, 1.807) is 24.3 Å². The highest BCUT2D eigenvalue weighted by Crippen LogP contribution is 2.50. The van der Waals surface area contributed by atoms with Crippen LogP contribution in [0.25, 0.3) is 0 Å². The molecular formula is C27H25F7N4O3. The number of aromatic nitrogens is 1. The Morgan fingerprint density at radius 1 is 0.927 bits per heavy atom. The summed E-state index contributed by atoms with van der Waals surface area (Å²) in [4.78, 5) is 17.7. The maximum absolute atomic E-state index is 13.6. The van der Waals surface area contributed by atoms with Crippen molar-refractivity contribution >= 4 is 17.4 Å². The fourth-order valence-electron chi connectivity index (χ4n) is 4.35. The van der Waals surface area contributed by atoms with Gasteiger partial charge in [0.25, 0.3) is 5.60 Å². The van der Waals surface area contributed by atoms with Crippen LogP contribution < -0.4 is 15.4 Å². The summed E-state index contributed by atoms with van der Waals surface area (Å²) in [5.74, 6) is -0.109. The average Bonchev–Trinajstić information content (AvgIpc) is 2.91. The molecule has 2 aromatic carbocycles. The second-order valence-electron chi connectivity index (χ2n) is 9.46. The molecule has 0 radical (unpaired) electrons. The molecule has 1 fully saturated rings. The Hall–Kier alpha value is -3.91. The van der Waals surface area contributed by atoms with Gasteiger partial charge in [-0.1, -0.05) is 24.3 Å². The molecule has 3 aromatic rings. The van der Waals surface area contributed by atoms with Crippen molar-refractivity contribution in [3.05, 3.63) is 83.9 Å². The molecule has 220 valence electrons. The fraction of sp³-hybridized carbons (Fsp3) is 0.333. The fourth-order valence-corrected chi connectivity index (χ4v) is 4.35. The van der Waals surface area contributed by atoms with Crippen molar-refractivity contribution in [3.63, 3.8) is 0 Å². The third kappa shape index (κ3) is 7.06. The molecule has 2 amide bonds. The van der Waals surface area contributed by atoms with Crippen LogP contribution >= 0.6 is 0 Å². The van der Waals surface area contributed by atoms with Crippen molar-refractivity contribution in [3.8, 4) is 5.75 Å². The molecule has 1 aromatic heterocycles. The number of likely N-dealkylation sites (tertiary alicyclic amines) is 1. The molecule has 3 N–H and O–H groups in total. The molecule has 0 atom stereocenters. The number of aliphatic hydroxyl groups is 1. The van der Waals surface area contributed by atoms with E-state index in [9.17, 15) is 40.6 Å². The van der Waals surface area contributed by atoms with Crippen molar-refractivity contribution in [2.45, 2.75) is 43.4 Å². The summed E-state index contributed by atoms with van der Waals surface area (Å²) in [5.41, 5.74) is -5.31. The number of hydrogen-bond donors (Lipinski definition) is 3. The lowest BCUT2D eigenvalue weighted by Gasteiger charge is -2.33. The first-order chi connectivity index (χ1) is 19.3. The van der Waals surface area contributed by atoms with E-state index in [1.165, 1.54) is 12.3 Å². The molecule has 0 saturated carbocycles. The molecule has 1 saturated heterocycles. The largest absolute Gasteiger partial charge is 0.490 e. The quantitative estimate of drug-likeness (QED) is 0.286. The van der Waals surface area contributed by atoms with Crippen LogP contribution in [0.1, 0.15) is 24.0 Å². The number of piperidine rings is 1. The Kier molecular flexibility index (Phi) is 8.73. The van der Waals surface area contributed by atoms with Gasteiger partial charge in [0.2, 0.25) is 0 Å². The highest BCUT2D eigenvalue weighted by molar-refractivity contribution is 5.99. The third-order valence-corrected chi connectivity index (χ3v) is 6.57. The van der Waals surface area contributed by atoms with Crippen molar-refractivity contribution in [2.75, 3.05) is 23.7 Å². The number of ether oxygens (including phenoxy) is 1. The van der Waals surface area contributed by atoms with Gasteiger partial charge in [-0.15, -0.1) is 0 Å². The molecule has 0 unspecified atom stereocenters. The smallest absolute Gasteiger partial charge is 0.430 e. The summed E-state index contributed by atoms with van der Waals surface area (Å²) < 4.78 is 98.1. The lowest BCUT2D eigenvalue weighted by Crippen LogP contribution is -2.53. The van der Waals surface area contributed by atoms with Gasteiger partial charge in [0.05, 0.1) is 11.9 Å². The van der Waals surface area contributed by atoms with E-state index in [-0.39, 0.29) is 11.8 Å². The number of anilines is 2. The number of amides is 2. The zero-order valence-corrected chi connectivity index (χ0v) is 21.3. The predicted octanol–water partition coefficient (Wildman–Crippen LogP) is 6.22. The van der Waals surface area contributed by atoms with E-state index in [0.29, 0.717) is 61.6 Å². The zero-order valence-electron chi connectivity index (χ0n) is 21.3. The molecule has 2 heterocycles. The molecule has 1 aliphatic rings. The van der Waals surface area contributed by atoms with E-state index in [4.69, 9.17) is 4.74 Å². The van der Waals surface area contributed by atoms with Crippen LogP contribution in [0, 0.1) is 5.82 Å². The highest BCUT2D eigenvalue weighted by atomic mass is 19.4. The summed E-state index contributed by atoms with van der Waals surface area (Å²) >= 11 is 0. The summed E-state index contributed by atoms with van der Waals surface area (Å²) in [6.07, 6.45) is -8.41. The number of nitrogens with zero attached hydrogens (tertiary/aromatic N) is 2. The van der Waals surface area contributed by atoms with Crippen molar-refractivity contribution in [1.29, 1.82) is 0 Å². The van der Waals surface area contributed by atoms with Crippen LogP contribution in [0.5, 0.6) is 5.75 Å². The molecule has 7 nitrogen and oxygen atoms in total. The van der Waals surface area contributed by atoms with Gasteiger partial charge >= 0.3 is 18.4 Å². The van der Waals surface area contributed by atoms with Crippen molar-refractivity contribution in [2.24, 2.45) is 0 Å². The third-order valence-electron chi connectivity index (χ3n) is 6.57. The average molecular weight is 587 g/mol. The van der Waals surface area contributed by atoms with Gasteiger partial charge < -0.3 is 20.5 Å². The van der Waals surface area contributed by atoms with E-state index in [1.807, 2.05) is 4.90 Å². The Morgan fingerprint density at radius 2 is 1.54 bits per heavy atom. The molecule has 4 rings (SSSR count). The second-order valence-corrected chi connectivity index (χ2v) is 9.46. The van der Waals surface area contributed by atoms with Gasteiger partial charge in [0.15, 0.2) is 5.82 Å². The summed E-state index contributed by atoms with van der Waals surface area (Å²) in [7, 11) is 0. The Bertz CT molecular complexity index is 1310. The minimum Gasteiger partial charge on any atom is -0.490 e. The van der Waals surface area contributed by atoms with Gasteiger partial charge in [-0.25, -0.2) is 9.18 Å². The number of nitrogens with one attached hydrogen (secondary N) is 2. The minimum atomic E-state index is -5.93. The molecule has 14 heteroatoms. The molecule has 1 aliphatic heterocycles. The minimum absolute atomic E-state index is 0.0177. The summed E-state index contributed by atoms with van der Waals surface area (Å²) in [6, 6.07) is 10.8. The Morgan fingerprint density at radius 3 is 2.10 bits per heavy atom. The molecule has 0 bridgehead atoms. The number of carbonyl (C=O) groups excluding carboxylic acids is 1. The molecule has 0 aliphatic carbocycles. The zero-order chi connectivity index (χ0) is 29.8. The lowest BCUT2D eigenvalue weighted by atomic mass is 9.91. The number of carbonyl (C=O) groups is 1. The van der Waals surface area contributed by atoms with Crippen LogP contribution in [0.3, 0.4) is 0 Å². The van der Waals surface area contributed by atoms with E-state index >= 15 is 0 Å². The van der Waals surface area contributed by atoms with E-state index in [0.717, 1.165) is 18.3 Å². The molecular weight excluding hydrogens is 561 g/mol. The number of benzene rings is 2. The van der Waals surface area contributed by atoms with Crippen LogP contribution in [-0.4, -0.2) is 52.6 Å². The van der Waals surface area contributed by atoms with Crippen LogP contribution in [-0.2, 0) is 12.1 Å². The number of urea groups is 1. The summed E-state index contributed by atoms with van der Waals surface area (Å²) in [5, 5.41) is 14.5. The molecule has 41 heavy (non-hydrogen) atoms. The van der Waals surface area contributed by atoms with Crippen LogP contribution in [0.15, 0.2) is 67.0 Å². The monoisotopic (exact) mass is 586 g/mol. The van der Waals surface area contributed by atoms with Gasteiger partial charge in [-0.2, -0.15) is 26.3 Å². The van der Waals surface area contributed by atoms with Crippen molar-refractivity contribution in [1.82, 2.24) is 9.88 Å². The highest BCUT2D eigenvalue weighted by Gasteiger charge is 2.71. The van der Waals surface area contributed by atoms with Gasteiger partial charge in [0, 0.05) is 37.1 Å². The van der Waals surface area contributed by atoms with Crippen molar-refractivity contribution < 1.29 is 45.4 Å². The first kappa shape index (κ1) is 30.1. The number of rotatable bonds is 7. The number of halogens is 7. The number of hydrogen-bond acceptors (Lipinski definition) is 5. The molecule has 0 spiro atoms. The standard InChI is InChI=1S/C27H25F7N4O3/c28-22-15-35-12-9-23(22)37-24(39)36-19-5-7-20(8-6-19)41-21-10-13-38(14-11-21)16-17-1-3-18(4-2-17)25(40,26(29,30)31)27(32,33)34/h1-9,12,15,21,40H,10-11,13-14,16H2,(H2,35,36,37,39). The first-order valence-electron chi connectivity index (χ1n) is 12.4. The van der Waals surface area contributed by atoms with Crippen LogP contribution in [0.4, 0.5) is 46.9 Å². The lowest BCUT2D eigenvalue weighted by molar-refractivity contribution is -0.376. The normalized spacial score (nSPS) is 15.4. The number of alkyl halides is 6. The first-order valence-corrected chi connectivity index (χ1v) is 12.4. The van der Waals surface area contributed by atoms with Crippen LogP contribution in [0.2, 0.25) is 0 Å². The maximum atomic E-state index is 13.6. The Labute approximate surface area is 229 Å². The number of pyridine rings is 1. The SMILES string of the molecule is O=C(Nc1ccc(OC2CCN(Cc3ccc(C(O)(C(F)(F)F)C(F)(F)F)cc3)CC2)cc1)Nc1ccncc1F. The van der Waals surface area contributed by atoms with E-state index in [2.05, 4.69) is 15.6 Å². The Balaban J connectivity index is 1.25. The topological polar surface area (TPSA) is 86.7 Å². The van der Waals surface area contributed by atoms with Gasteiger partial charge in [0.1, 0.15) is 11.9 Å².